The second-order valence-electron chi connectivity index (χ2n) is 9.16. The summed E-state index contributed by atoms with van der Waals surface area (Å²) in [5.74, 6) is -0.398. The lowest BCUT2D eigenvalue weighted by molar-refractivity contribution is -0.384. The van der Waals surface area contributed by atoms with Gasteiger partial charge in [0.2, 0.25) is 5.91 Å². The van der Waals surface area contributed by atoms with Gasteiger partial charge in [-0.05, 0) is 17.7 Å². The highest BCUT2D eigenvalue weighted by molar-refractivity contribution is 5.92. The molecule has 0 radical (unpaired) electrons. The molecule has 0 bridgehead atoms. The van der Waals surface area contributed by atoms with E-state index in [1.165, 1.54) is 36.1 Å². The van der Waals surface area contributed by atoms with Crippen LogP contribution < -0.4 is 4.90 Å². The van der Waals surface area contributed by atoms with E-state index in [0.717, 1.165) is 11.1 Å². The highest BCUT2D eigenvalue weighted by atomic mass is 16.7. The number of nitro benzene ring substituents is 1. The van der Waals surface area contributed by atoms with E-state index in [0.29, 0.717) is 5.69 Å². The highest BCUT2D eigenvalue weighted by Crippen LogP contribution is 2.38. The Morgan fingerprint density at radius 3 is 2.32 bits per heavy atom. The third kappa shape index (κ3) is 5.45. The van der Waals surface area contributed by atoms with Gasteiger partial charge in [-0.2, -0.15) is 0 Å². The molecule has 1 N–H and O–H groups in total. The first-order valence-corrected chi connectivity index (χ1v) is 12.3. The number of hydrogen-bond acceptors (Lipinski definition) is 8. The quantitative estimate of drug-likeness (QED) is 0.370. The number of nitrogens with zero attached hydrogens (tertiary/aromatic N) is 2. The van der Waals surface area contributed by atoms with Crippen molar-refractivity contribution in [3.63, 3.8) is 0 Å². The summed E-state index contributed by atoms with van der Waals surface area (Å²) in [5, 5.41) is 22.3. The van der Waals surface area contributed by atoms with Gasteiger partial charge in [-0.25, -0.2) is 0 Å². The van der Waals surface area contributed by atoms with Crippen molar-refractivity contribution in [2.24, 2.45) is 0 Å². The Kier molecular flexibility index (Phi) is 7.77. The van der Waals surface area contributed by atoms with Gasteiger partial charge in [0.05, 0.1) is 18.1 Å². The van der Waals surface area contributed by atoms with Crippen molar-refractivity contribution < 1.29 is 33.8 Å². The molecule has 38 heavy (non-hydrogen) atoms. The molecular weight excluding hydrogens is 492 g/mol. The number of fused-ring (bicyclic) bond motifs is 1. The molecule has 0 spiro atoms. The predicted octanol–water partition coefficient (Wildman–Crippen LogP) is 3.73. The number of carbonyl (C=O) groups is 1. The molecule has 0 aromatic heterocycles. The number of rotatable bonds is 7. The second-order valence-corrected chi connectivity index (χ2v) is 9.16. The van der Waals surface area contributed by atoms with E-state index in [4.69, 9.17) is 18.9 Å². The van der Waals surface area contributed by atoms with E-state index in [9.17, 15) is 20.0 Å². The largest absolute Gasteiger partial charge is 0.368 e. The van der Waals surface area contributed by atoms with Gasteiger partial charge < -0.3 is 29.0 Å². The van der Waals surface area contributed by atoms with Crippen LogP contribution in [0.5, 0.6) is 0 Å². The number of aliphatic hydroxyl groups is 1. The monoisotopic (exact) mass is 520 g/mol. The molecule has 0 aliphatic carbocycles. The minimum absolute atomic E-state index is 0.117. The van der Waals surface area contributed by atoms with Crippen molar-refractivity contribution in [1.29, 1.82) is 0 Å². The molecule has 2 fully saturated rings. The Labute approximate surface area is 219 Å². The Morgan fingerprint density at radius 1 is 1.03 bits per heavy atom. The van der Waals surface area contributed by atoms with Crippen molar-refractivity contribution in [2.45, 2.75) is 50.5 Å². The molecule has 198 valence electrons. The Bertz CT molecular complexity index is 1240. The zero-order chi connectivity index (χ0) is 26.6. The first kappa shape index (κ1) is 26.0. The molecule has 2 aliphatic heterocycles. The third-order valence-corrected chi connectivity index (χ3v) is 6.66. The fourth-order valence-corrected chi connectivity index (χ4v) is 4.89. The van der Waals surface area contributed by atoms with E-state index in [1.54, 1.807) is 0 Å². The molecule has 10 nitrogen and oxygen atoms in total. The van der Waals surface area contributed by atoms with Gasteiger partial charge >= 0.3 is 0 Å². The van der Waals surface area contributed by atoms with Crippen LogP contribution in [0.2, 0.25) is 0 Å². The van der Waals surface area contributed by atoms with Crippen LogP contribution in [0.25, 0.3) is 0 Å². The van der Waals surface area contributed by atoms with Crippen LogP contribution in [0.1, 0.15) is 24.3 Å². The van der Waals surface area contributed by atoms with E-state index in [1.807, 2.05) is 60.7 Å². The minimum Gasteiger partial charge on any atom is -0.368 e. The maximum atomic E-state index is 13.0. The van der Waals surface area contributed by atoms with Gasteiger partial charge in [0, 0.05) is 30.3 Å². The molecule has 2 aliphatic rings. The zero-order valence-corrected chi connectivity index (χ0v) is 20.7. The summed E-state index contributed by atoms with van der Waals surface area (Å²) in [4.78, 5) is 25.0. The summed E-state index contributed by atoms with van der Waals surface area (Å²) in [6, 6.07) is 23.5. The number of carbonyl (C=O) groups excluding carboxylic acids is 1. The molecular formula is C28H28N2O8. The van der Waals surface area contributed by atoms with Crippen LogP contribution in [0, 0.1) is 10.1 Å². The number of amides is 1. The van der Waals surface area contributed by atoms with Crippen LogP contribution in [0.3, 0.4) is 0 Å². The van der Waals surface area contributed by atoms with Gasteiger partial charge in [0.15, 0.2) is 12.6 Å². The molecule has 2 heterocycles. The van der Waals surface area contributed by atoms with E-state index < -0.39 is 47.8 Å². The molecule has 5 rings (SSSR count). The first-order chi connectivity index (χ1) is 18.4. The maximum Gasteiger partial charge on any atom is 0.269 e. The van der Waals surface area contributed by atoms with Crippen LogP contribution in [-0.4, -0.2) is 53.2 Å². The van der Waals surface area contributed by atoms with Crippen molar-refractivity contribution in [3.05, 3.63) is 106 Å². The van der Waals surface area contributed by atoms with Crippen molar-refractivity contribution in [1.82, 2.24) is 0 Å². The minimum atomic E-state index is -1.43. The fourth-order valence-electron chi connectivity index (χ4n) is 4.89. The number of non-ortho nitro benzene ring substituents is 1. The van der Waals surface area contributed by atoms with E-state index in [-0.39, 0.29) is 18.9 Å². The molecule has 2 saturated heterocycles. The molecule has 0 saturated carbocycles. The summed E-state index contributed by atoms with van der Waals surface area (Å²) in [6.45, 7) is 1.70. The van der Waals surface area contributed by atoms with Gasteiger partial charge in [-0.1, -0.05) is 60.7 Å². The highest BCUT2D eigenvalue weighted by Gasteiger charge is 2.53. The van der Waals surface area contributed by atoms with E-state index >= 15 is 0 Å². The smallest absolute Gasteiger partial charge is 0.269 e. The molecule has 3 aromatic carbocycles. The lowest BCUT2D eigenvalue weighted by Crippen LogP contribution is -2.67. The van der Waals surface area contributed by atoms with Crippen LogP contribution in [0.15, 0.2) is 84.9 Å². The normalized spacial score (nSPS) is 26.8. The van der Waals surface area contributed by atoms with Crippen LogP contribution in [-0.2, 0) is 30.3 Å². The Morgan fingerprint density at radius 2 is 1.68 bits per heavy atom. The van der Waals surface area contributed by atoms with Crippen molar-refractivity contribution in [2.75, 3.05) is 11.5 Å². The number of ether oxygens (including phenoxy) is 4. The molecule has 10 heteroatoms. The average molecular weight is 521 g/mol. The fraction of sp³-hybridized carbons (Fsp3) is 0.321. The number of hydrogen-bond donors (Lipinski definition) is 1. The Hall–Kier alpha value is -3.67. The molecule has 6 atom stereocenters. The Balaban J connectivity index is 1.50. The summed E-state index contributed by atoms with van der Waals surface area (Å²) in [5.41, 5.74) is 1.96. The lowest BCUT2D eigenvalue weighted by Gasteiger charge is -2.50. The second kappa shape index (κ2) is 11.4. The van der Waals surface area contributed by atoms with Crippen LogP contribution in [0.4, 0.5) is 11.4 Å². The van der Waals surface area contributed by atoms with Gasteiger partial charge in [-0.15, -0.1) is 0 Å². The molecule has 1 unspecified atom stereocenters. The third-order valence-electron chi connectivity index (χ3n) is 6.66. The van der Waals surface area contributed by atoms with E-state index in [2.05, 4.69) is 0 Å². The first-order valence-electron chi connectivity index (χ1n) is 12.3. The van der Waals surface area contributed by atoms with Gasteiger partial charge in [0.1, 0.15) is 24.4 Å². The van der Waals surface area contributed by atoms with Crippen molar-refractivity contribution in [3.8, 4) is 0 Å². The average Bonchev–Trinajstić information content (AvgIpc) is 2.94. The maximum absolute atomic E-state index is 13.0. The number of benzene rings is 3. The van der Waals surface area contributed by atoms with Gasteiger partial charge in [0.25, 0.3) is 5.69 Å². The van der Waals surface area contributed by atoms with Crippen LogP contribution >= 0.6 is 0 Å². The topological polar surface area (TPSA) is 121 Å². The SMILES string of the molecule is CC(=O)N(c1ccc([N+](=O)[O-])cc1)[C@@H]1[C@H](OCc2ccccc2)[C@@H]2OC(c3ccccc3)OC[C@H]2O[C@@H]1O. The number of anilines is 1. The zero-order valence-electron chi connectivity index (χ0n) is 20.7. The van der Waals surface area contributed by atoms with Gasteiger partial charge in [-0.3, -0.25) is 14.9 Å². The summed E-state index contributed by atoms with van der Waals surface area (Å²) >= 11 is 0. The summed E-state index contributed by atoms with van der Waals surface area (Å²) in [7, 11) is 0. The number of aliphatic hydroxyl groups excluding tert-OH is 1. The molecule has 3 aromatic rings. The summed E-state index contributed by atoms with van der Waals surface area (Å²) in [6.07, 6.45) is -4.28. The lowest BCUT2D eigenvalue weighted by atomic mass is 9.93. The standard InChI is InChI=1S/C28H28N2O8/c1-18(31)29(21-12-14-22(15-13-21)30(33)34)24-26(35-16-19-8-4-2-5-9-19)25-23(37-27(24)32)17-36-28(38-25)20-10-6-3-7-11-20/h2-15,23-28,32H,16-17H2,1H3/t23-,24-,25-,26+,27+,28?/m1/s1. The molecule has 1 amide bonds. The summed E-state index contributed by atoms with van der Waals surface area (Å²) < 4.78 is 24.6. The van der Waals surface area contributed by atoms with Crippen molar-refractivity contribution >= 4 is 17.3 Å². The predicted molar refractivity (Wildman–Crippen MR) is 136 cm³/mol. The number of nitro groups is 1.